The van der Waals surface area contributed by atoms with Crippen molar-refractivity contribution in [3.63, 3.8) is 0 Å². The van der Waals surface area contributed by atoms with E-state index in [4.69, 9.17) is 35.4 Å². The number of rotatable bonds is 6. The van der Waals surface area contributed by atoms with Crippen molar-refractivity contribution in [1.82, 2.24) is 4.90 Å². The molecular formula is C28H29ClN2O6. The maximum atomic E-state index is 12.6. The van der Waals surface area contributed by atoms with Crippen LogP contribution in [0.15, 0.2) is 54.6 Å². The molecule has 8 nitrogen and oxygen atoms in total. The molecule has 0 unspecified atom stereocenters. The van der Waals surface area contributed by atoms with E-state index in [9.17, 15) is 4.79 Å². The Kier molecular flexibility index (Phi) is 8.34. The lowest BCUT2D eigenvalue weighted by atomic mass is 9.91. The molecule has 0 saturated carbocycles. The molecule has 0 radical (unpaired) electrons. The summed E-state index contributed by atoms with van der Waals surface area (Å²) in [7, 11) is 1.67. The van der Waals surface area contributed by atoms with Crippen LogP contribution in [0.1, 0.15) is 25.3 Å². The quantitative estimate of drug-likeness (QED) is 0.432. The lowest BCUT2D eigenvalue weighted by molar-refractivity contribution is -0.191. The summed E-state index contributed by atoms with van der Waals surface area (Å²) in [5.74, 6) is 1.55. The zero-order chi connectivity index (χ0) is 26.4. The van der Waals surface area contributed by atoms with Crippen LogP contribution in [0.4, 0.5) is 10.5 Å². The van der Waals surface area contributed by atoms with Gasteiger partial charge in [-0.05, 0) is 48.9 Å². The minimum absolute atomic E-state index is 0.250. The molecule has 0 N–H and O–H groups in total. The third-order valence-electron chi connectivity index (χ3n) is 6.78. The minimum Gasteiger partial charge on any atom is -0.496 e. The summed E-state index contributed by atoms with van der Waals surface area (Å²) >= 11 is 6.52. The number of amides is 1. The highest BCUT2D eigenvalue weighted by molar-refractivity contribution is 6.36. The standard InChI is InChI=1S/C27H29ClN2O4.CO2/c1-3-33-24-16-19(15-21-23(32-2)10-9-22(28)25(21)24)17-29-13-11-27(12-14-29)18-30(26(31)34-27)20-7-5-4-6-8-20;2-1-3/h4-10,15-16H,3,11-14,17-18H2,1-2H3;. The summed E-state index contributed by atoms with van der Waals surface area (Å²) in [5.41, 5.74) is 1.61. The van der Waals surface area contributed by atoms with Crippen molar-refractivity contribution in [3.05, 3.63) is 65.2 Å². The number of hydrogen-bond acceptors (Lipinski definition) is 7. The molecule has 37 heavy (non-hydrogen) atoms. The first kappa shape index (κ1) is 26.5. The fourth-order valence-corrected chi connectivity index (χ4v) is 5.30. The monoisotopic (exact) mass is 524 g/mol. The van der Waals surface area contributed by atoms with E-state index in [2.05, 4.69) is 17.0 Å². The van der Waals surface area contributed by atoms with Crippen LogP contribution in [-0.4, -0.2) is 56.1 Å². The van der Waals surface area contributed by atoms with Crippen molar-refractivity contribution in [3.8, 4) is 11.5 Å². The van der Waals surface area contributed by atoms with Crippen LogP contribution in [-0.2, 0) is 20.9 Å². The molecule has 2 saturated heterocycles. The average molecular weight is 525 g/mol. The number of likely N-dealkylation sites (tertiary alicyclic amines) is 1. The zero-order valence-corrected chi connectivity index (χ0v) is 21.6. The van der Waals surface area contributed by atoms with Gasteiger partial charge >= 0.3 is 12.2 Å². The molecule has 2 heterocycles. The SMILES string of the molecule is CCOc1cc(CN2CCC3(CC2)CN(c2ccccc2)C(=O)O3)cc2c(OC)ccc(Cl)c12.O=C=O. The van der Waals surface area contributed by atoms with E-state index in [-0.39, 0.29) is 12.2 Å². The molecule has 1 spiro atoms. The second-order valence-electron chi connectivity index (χ2n) is 9.03. The number of anilines is 1. The Hall–Kier alpha value is -3.58. The second-order valence-corrected chi connectivity index (χ2v) is 9.44. The van der Waals surface area contributed by atoms with Gasteiger partial charge in [-0.2, -0.15) is 9.59 Å². The summed E-state index contributed by atoms with van der Waals surface area (Å²) in [6, 6.07) is 17.7. The van der Waals surface area contributed by atoms with Crippen LogP contribution in [0.3, 0.4) is 0 Å². The number of ether oxygens (including phenoxy) is 3. The lowest BCUT2D eigenvalue weighted by Gasteiger charge is -2.37. The number of halogens is 1. The zero-order valence-electron chi connectivity index (χ0n) is 20.9. The Morgan fingerprint density at radius 1 is 1.05 bits per heavy atom. The number of piperidine rings is 1. The third kappa shape index (κ3) is 5.72. The topological polar surface area (TPSA) is 85.4 Å². The Labute approximate surface area is 220 Å². The van der Waals surface area contributed by atoms with Gasteiger partial charge in [0.25, 0.3) is 0 Å². The highest BCUT2D eigenvalue weighted by Crippen LogP contribution is 2.40. The number of hydrogen-bond donors (Lipinski definition) is 0. The Morgan fingerprint density at radius 3 is 2.41 bits per heavy atom. The summed E-state index contributed by atoms with van der Waals surface area (Å²) in [5, 5.41) is 2.48. The first-order valence-electron chi connectivity index (χ1n) is 12.1. The fourth-order valence-electron chi connectivity index (χ4n) is 5.04. The summed E-state index contributed by atoms with van der Waals surface area (Å²) in [6.07, 6.45) is 1.62. The van der Waals surface area contributed by atoms with E-state index in [0.717, 1.165) is 66.0 Å². The van der Waals surface area contributed by atoms with Crippen LogP contribution in [0.5, 0.6) is 11.5 Å². The van der Waals surface area contributed by atoms with Gasteiger partial charge in [-0.15, -0.1) is 0 Å². The van der Waals surface area contributed by atoms with E-state index >= 15 is 0 Å². The molecule has 5 rings (SSSR count). The number of para-hydroxylation sites is 1. The van der Waals surface area contributed by atoms with Gasteiger partial charge < -0.3 is 14.2 Å². The van der Waals surface area contributed by atoms with Gasteiger partial charge in [0.1, 0.15) is 17.1 Å². The maximum absolute atomic E-state index is 12.6. The van der Waals surface area contributed by atoms with Gasteiger partial charge in [-0.25, -0.2) is 4.79 Å². The van der Waals surface area contributed by atoms with Gasteiger partial charge in [0, 0.05) is 48.9 Å². The molecular weight excluding hydrogens is 496 g/mol. The second kappa shape index (κ2) is 11.6. The molecule has 194 valence electrons. The van der Waals surface area contributed by atoms with Gasteiger partial charge in [-0.1, -0.05) is 29.8 Å². The van der Waals surface area contributed by atoms with Crippen LogP contribution in [0.2, 0.25) is 5.02 Å². The smallest absolute Gasteiger partial charge is 0.415 e. The summed E-state index contributed by atoms with van der Waals surface area (Å²) in [4.78, 5) is 33.0. The highest BCUT2D eigenvalue weighted by Gasteiger charge is 2.47. The third-order valence-corrected chi connectivity index (χ3v) is 7.09. The van der Waals surface area contributed by atoms with Crippen molar-refractivity contribution in [2.75, 3.05) is 38.3 Å². The highest BCUT2D eigenvalue weighted by atomic mass is 35.5. The van der Waals surface area contributed by atoms with E-state index in [1.165, 1.54) is 0 Å². The first-order valence-corrected chi connectivity index (χ1v) is 12.5. The fraction of sp³-hybridized carbons (Fsp3) is 0.357. The Balaban J connectivity index is 0.00000102. The average Bonchev–Trinajstić information content (AvgIpc) is 3.22. The van der Waals surface area contributed by atoms with Crippen LogP contribution in [0, 0.1) is 0 Å². The predicted molar refractivity (Wildman–Crippen MR) is 139 cm³/mol. The van der Waals surface area contributed by atoms with Gasteiger partial charge in [0.05, 0.1) is 25.3 Å². The van der Waals surface area contributed by atoms with E-state index in [1.54, 1.807) is 12.0 Å². The Morgan fingerprint density at radius 2 is 1.76 bits per heavy atom. The molecule has 0 bridgehead atoms. The molecule has 2 fully saturated rings. The van der Waals surface area contributed by atoms with Crippen molar-refractivity contribution in [1.29, 1.82) is 0 Å². The van der Waals surface area contributed by atoms with E-state index in [1.807, 2.05) is 49.4 Å². The van der Waals surface area contributed by atoms with Crippen molar-refractivity contribution < 1.29 is 28.6 Å². The van der Waals surface area contributed by atoms with Gasteiger partial charge in [0.15, 0.2) is 0 Å². The van der Waals surface area contributed by atoms with E-state index < -0.39 is 5.60 Å². The van der Waals surface area contributed by atoms with Gasteiger partial charge in [-0.3, -0.25) is 9.80 Å². The molecule has 0 aliphatic carbocycles. The van der Waals surface area contributed by atoms with E-state index in [0.29, 0.717) is 18.2 Å². The molecule has 1 amide bonds. The molecule has 2 aliphatic rings. The predicted octanol–water partition coefficient (Wildman–Crippen LogP) is 5.31. The summed E-state index contributed by atoms with van der Waals surface area (Å²) in [6.45, 7) is 5.61. The number of nitrogens with zero attached hydrogens (tertiary/aromatic N) is 2. The van der Waals surface area contributed by atoms with Crippen LogP contribution in [0.25, 0.3) is 10.8 Å². The minimum atomic E-state index is -0.417. The van der Waals surface area contributed by atoms with Gasteiger partial charge in [0.2, 0.25) is 0 Å². The number of carbonyl (C=O) groups is 1. The van der Waals surface area contributed by atoms with Crippen LogP contribution < -0.4 is 14.4 Å². The van der Waals surface area contributed by atoms with Crippen LogP contribution >= 0.6 is 11.6 Å². The first-order chi connectivity index (χ1) is 17.9. The lowest BCUT2D eigenvalue weighted by Crippen LogP contribution is -2.46. The largest absolute Gasteiger partial charge is 0.496 e. The number of fused-ring (bicyclic) bond motifs is 1. The normalized spacial score (nSPS) is 16.6. The molecule has 2 aliphatic heterocycles. The maximum Gasteiger partial charge on any atom is 0.415 e. The van der Waals surface area contributed by atoms with Crippen molar-refractivity contribution in [2.45, 2.75) is 31.9 Å². The van der Waals surface area contributed by atoms with Crippen molar-refractivity contribution in [2.24, 2.45) is 0 Å². The molecule has 0 atom stereocenters. The number of benzene rings is 3. The molecule has 3 aromatic carbocycles. The molecule has 3 aromatic rings. The Bertz CT molecular complexity index is 1280. The molecule has 9 heteroatoms. The number of methoxy groups -OCH3 is 1. The summed E-state index contributed by atoms with van der Waals surface area (Å²) < 4.78 is 17.5. The number of carbonyl (C=O) groups excluding carboxylic acids is 3. The van der Waals surface area contributed by atoms with Crippen molar-refractivity contribution >= 4 is 40.3 Å². The molecule has 0 aromatic heterocycles.